The lowest BCUT2D eigenvalue weighted by molar-refractivity contribution is 0.0371. The van der Waals surface area contributed by atoms with Crippen LogP contribution in [0.5, 0.6) is 0 Å². The van der Waals surface area contributed by atoms with Gasteiger partial charge in [0, 0.05) is 0 Å². The van der Waals surface area contributed by atoms with Crippen LogP contribution in [0, 0.1) is 0 Å². The molecule has 208 valence electrons. The predicted molar refractivity (Wildman–Crippen MR) is 136 cm³/mol. The number of benzene rings is 2. The number of unbranched alkanes of at least 4 members (excludes halogenated alkanes) is 4. The molecule has 0 fully saturated rings. The average Bonchev–Trinajstić information content (AvgIpc) is 2.92. The molecule has 0 bridgehead atoms. The van der Waals surface area contributed by atoms with Gasteiger partial charge in [-0.1, -0.05) is 39.5 Å². The van der Waals surface area contributed by atoms with Gasteiger partial charge in [-0.25, -0.2) is 28.8 Å². The number of hydrogen-bond donors (Lipinski definition) is 2. The lowest BCUT2D eigenvalue weighted by atomic mass is 10.0. The predicted octanol–water partition coefficient (Wildman–Crippen LogP) is 4.77. The van der Waals surface area contributed by atoms with Gasteiger partial charge < -0.3 is 24.4 Å². The Bertz CT molecular complexity index is 1150. The highest BCUT2D eigenvalue weighted by Gasteiger charge is 2.27. The van der Waals surface area contributed by atoms with Gasteiger partial charge >= 0.3 is 35.8 Å². The van der Waals surface area contributed by atoms with Crippen molar-refractivity contribution < 1.29 is 53.2 Å². The van der Waals surface area contributed by atoms with Crippen LogP contribution in [-0.4, -0.2) is 59.2 Å². The van der Waals surface area contributed by atoms with Gasteiger partial charge in [-0.3, -0.25) is 0 Å². The van der Waals surface area contributed by atoms with Gasteiger partial charge in [0.15, 0.2) is 0 Å². The van der Waals surface area contributed by atoms with E-state index < -0.39 is 46.9 Å². The molecular formula is C28H30O11. The van der Waals surface area contributed by atoms with Crippen molar-refractivity contribution in [2.45, 2.75) is 52.4 Å². The van der Waals surface area contributed by atoms with E-state index in [0.717, 1.165) is 62.1 Å². The minimum Gasteiger partial charge on any atom is -0.478 e. The van der Waals surface area contributed by atoms with Gasteiger partial charge in [0.25, 0.3) is 0 Å². The van der Waals surface area contributed by atoms with E-state index in [1.165, 1.54) is 0 Å². The number of carboxylic acids is 2. The fourth-order valence-corrected chi connectivity index (χ4v) is 3.43. The third kappa shape index (κ3) is 8.77. The molecular weight excluding hydrogens is 512 g/mol. The zero-order valence-corrected chi connectivity index (χ0v) is 21.7. The first-order valence-electron chi connectivity index (χ1n) is 12.5. The Hall–Kier alpha value is -4.54. The first-order valence-corrected chi connectivity index (χ1v) is 12.5. The molecule has 2 aromatic rings. The Kier molecular flexibility index (Phi) is 11.8. The second-order valence-electron chi connectivity index (χ2n) is 8.49. The second kappa shape index (κ2) is 15.0. The summed E-state index contributed by atoms with van der Waals surface area (Å²) in [5.41, 5.74) is -2.49. The first kappa shape index (κ1) is 30.7. The van der Waals surface area contributed by atoms with Gasteiger partial charge in [0.1, 0.15) is 0 Å². The van der Waals surface area contributed by atoms with E-state index in [1.807, 2.05) is 13.8 Å². The smallest absolute Gasteiger partial charge is 0.346 e. The van der Waals surface area contributed by atoms with Crippen molar-refractivity contribution in [3.05, 3.63) is 69.8 Å². The summed E-state index contributed by atoms with van der Waals surface area (Å²) in [5, 5.41) is 18.6. The van der Waals surface area contributed by atoms with Crippen LogP contribution in [0.25, 0.3) is 0 Å². The number of rotatable bonds is 14. The third-order valence-corrected chi connectivity index (χ3v) is 5.56. The average molecular weight is 543 g/mol. The first-order chi connectivity index (χ1) is 18.6. The molecule has 2 aromatic carbocycles. The topological polar surface area (TPSA) is 171 Å². The molecule has 0 aliphatic carbocycles. The third-order valence-electron chi connectivity index (χ3n) is 5.56. The van der Waals surface area contributed by atoms with Crippen LogP contribution in [0.3, 0.4) is 0 Å². The number of carbonyl (C=O) groups is 6. The highest BCUT2D eigenvalue weighted by molar-refractivity contribution is 6.12. The van der Waals surface area contributed by atoms with Crippen molar-refractivity contribution in [1.82, 2.24) is 0 Å². The molecule has 0 aliphatic heterocycles. The minimum absolute atomic E-state index is 0.0620. The zero-order chi connectivity index (χ0) is 28.9. The summed E-state index contributed by atoms with van der Waals surface area (Å²) >= 11 is 0. The molecule has 11 heteroatoms. The number of carboxylic acid groups (broad SMARTS) is 2. The number of carbonyl (C=O) groups excluding carboxylic acids is 4. The molecule has 0 aromatic heterocycles. The molecule has 0 aliphatic rings. The highest BCUT2D eigenvalue weighted by atomic mass is 16.6. The fraction of sp³-hybridized carbons (Fsp3) is 0.357. The Morgan fingerprint density at radius 1 is 0.564 bits per heavy atom. The maximum atomic E-state index is 13.0. The summed E-state index contributed by atoms with van der Waals surface area (Å²) in [7, 11) is 0. The summed E-state index contributed by atoms with van der Waals surface area (Å²) in [4.78, 5) is 74.0. The molecule has 0 saturated heterocycles. The molecule has 0 saturated carbocycles. The molecule has 0 spiro atoms. The van der Waals surface area contributed by atoms with Crippen LogP contribution in [0.2, 0.25) is 0 Å². The zero-order valence-electron chi connectivity index (χ0n) is 21.7. The van der Waals surface area contributed by atoms with Crippen molar-refractivity contribution in [1.29, 1.82) is 0 Å². The summed E-state index contributed by atoms with van der Waals surface area (Å²) in [5.74, 6) is -7.45. The van der Waals surface area contributed by atoms with Crippen LogP contribution in [0.15, 0.2) is 36.4 Å². The monoisotopic (exact) mass is 542 g/mol. The van der Waals surface area contributed by atoms with Crippen LogP contribution in [0.1, 0.15) is 115 Å². The van der Waals surface area contributed by atoms with Crippen LogP contribution in [0.4, 0.5) is 0 Å². The molecule has 11 nitrogen and oxygen atoms in total. The Morgan fingerprint density at radius 3 is 1.28 bits per heavy atom. The van der Waals surface area contributed by atoms with E-state index >= 15 is 0 Å². The van der Waals surface area contributed by atoms with Crippen molar-refractivity contribution in [3.8, 4) is 0 Å². The standard InChI is InChI=1S/C28H30O11/c1-3-5-7-13-37-25(33)19-11-9-17(23(29)30)15-21(19)27(35)39-28(36)22-16-18(24(31)32)10-12-20(22)26(34)38-14-8-6-4-2/h9-12,15-16H,3-8,13-14H2,1-2H3,(H,29,30)(H,31,32). The van der Waals surface area contributed by atoms with E-state index in [1.54, 1.807) is 0 Å². The summed E-state index contributed by atoms with van der Waals surface area (Å²) < 4.78 is 15.2. The largest absolute Gasteiger partial charge is 0.478 e. The van der Waals surface area contributed by atoms with Crippen molar-refractivity contribution in [2.24, 2.45) is 0 Å². The number of esters is 4. The lowest BCUT2D eigenvalue weighted by Gasteiger charge is -2.12. The van der Waals surface area contributed by atoms with Gasteiger partial charge in [-0.15, -0.1) is 0 Å². The molecule has 0 amide bonds. The molecule has 39 heavy (non-hydrogen) atoms. The van der Waals surface area contributed by atoms with Crippen molar-refractivity contribution in [3.63, 3.8) is 0 Å². The van der Waals surface area contributed by atoms with Gasteiger partial charge in [-0.05, 0) is 49.2 Å². The summed E-state index contributed by atoms with van der Waals surface area (Å²) in [6.07, 6.45) is 4.50. The normalized spacial score (nSPS) is 10.4. The molecule has 2 N–H and O–H groups in total. The molecule has 0 atom stereocenters. The van der Waals surface area contributed by atoms with Crippen LogP contribution < -0.4 is 0 Å². The van der Waals surface area contributed by atoms with Gasteiger partial charge in [0.05, 0.1) is 46.6 Å². The lowest BCUT2D eigenvalue weighted by Crippen LogP contribution is -2.21. The maximum absolute atomic E-state index is 13.0. The number of hydrogen-bond acceptors (Lipinski definition) is 9. The number of aromatic carboxylic acids is 2. The van der Waals surface area contributed by atoms with E-state index in [-0.39, 0.29) is 35.5 Å². The van der Waals surface area contributed by atoms with Crippen LogP contribution in [-0.2, 0) is 14.2 Å². The number of ether oxygens (including phenoxy) is 3. The summed E-state index contributed by atoms with van der Waals surface area (Å²) in [6.45, 7) is 4.04. The van der Waals surface area contributed by atoms with E-state index in [0.29, 0.717) is 12.8 Å². The second-order valence-corrected chi connectivity index (χ2v) is 8.49. The quantitative estimate of drug-likeness (QED) is 0.146. The Labute approximate surface area is 224 Å². The molecule has 0 unspecified atom stereocenters. The van der Waals surface area contributed by atoms with Gasteiger partial charge in [-0.2, -0.15) is 0 Å². The highest BCUT2D eigenvalue weighted by Crippen LogP contribution is 2.20. The fourth-order valence-electron chi connectivity index (χ4n) is 3.43. The van der Waals surface area contributed by atoms with E-state index in [4.69, 9.17) is 14.2 Å². The van der Waals surface area contributed by atoms with Crippen LogP contribution >= 0.6 is 0 Å². The Balaban J connectivity index is 2.38. The van der Waals surface area contributed by atoms with Gasteiger partial charge in [0.2, 0.25) is 0 Å². The maximum Gasteiger partial charge on any atom is 0.346 e. The molecule has 2 rings (SSSR count). The SMILES string of the molecule is CCCCCOC(=O)c1ccc(C(=O)O)cc1C(=O)OC(=O)c1cc(C(=O)O)ccc1C(=O)OCCCCC. The van der Waals surface area contributed by atoms with E-state index in [9.17, 15) is 39.0 Å². The Morgan fingerprint density at radius 2 is 0.949 bits per heavy atom. The molecule has 0 radical (unpaired) electrons. The minimum atomic E-state index is -1.40. The summed E-state index contributed by atoms with van der Waals surface area (Å²) in [6, 6.07) is 6.03. The molecule has 0 heterocycles. The van der Waals surface area contributed by atoms with Crippen molar-refractivity contribution >= 4 is 35.8 Å². The van der Waals surface area contributed by atoms with E-state index in [2.05, 4.69) is 0 Å². The van der Waals surface area contributed by atoms with Crippen molar-refractivity contribution in [2.75, 3.05) is 13.2 Å².